The van der Waals surface area contributed by atoms with Crippen LogP contribution in [0.2, 0.25) is 0 Å². The molecule has 0 amide bonds. The molecule has 1 nitrogen and oxygen atoms in total. The summed E-state index contributed by atoms with van der Waals surface area (Å²) in [7, 11) is 1.84. The van der Waals surface area contributed by atoms with Crippen molar-refractivity contribution < 1.29 is 37.4 Å². The van der Waals surface area contributed by atoms with Crippen LogP contribution >= 0.6 is 0 Å². The third-order valence-corrected chi connectivity index (χ3v) is 7.98. The minimum Gasteiger partial charge on any atom is -0.384 e. The molecule has 4 rings (SSSR count). The molecule has 0 aromatic rings. The van der Waals surface area contributed by atoms with Gasteiger partial charge in [0, 0.05) is 51.8 Å². The van der Waals surface area contributed by atoms with Crippen LogP contribution in [0.1, 0.15) is 89.9 Å². The second-order valence-corrected chi connectivity index (χ2v) is 9.87. The van der Waals surface area contributed by atoms with E-state index in [1.54, 1.807) is 19.3 Å². The van der Waals surface area contributed by atoms with E-state index in [2.05, 4.69) is 18.3 Å². The molecule has 0 spiro atoms. The standard InChI is InChI=1S/C25H39O.Y/c1-26-25-16-10-20(11-17-25)3-2-19-6-12-23(13-7-19)24-14-8-22(9-15-24)18-21-4-5-21;/h10,19-25H,4-9,11-18H2,1H3;/q-1;. The Morgan fingerprint density at radius 2 is 1.33 bits per heavy atom. The van der Waals surface area contributed by atoms with E-state index in [0.717, 1.165) is 30.1 Å². The molecule has 4 aliphatic rings. The Bertz CT molecular complexity index is 478. The summed E-state index contributed by atoms with van der Waals surface area (Å²) < 4.78 is 5.45. The molecule has 4 fully saturated rings. The predicted molar refractivity (Wildman–Crippen MR) is 108 cm³/mol. The average Bonchev–Trinajstić information content (AvgIpc) is 3.52. The molecule has 149 valence electrons. The van der Waals surface area contributed by atoms with E-state index in [0.29, 0.717) is 17.9 Å². The summed E-state index contributed by atoms with van der Waals surface area (Å²) in [5.41, 5.74) is 0. The first-order valence-corrected chi connectivity index (χ1v) is 11.7. The van der Waals surface area contributed by atoms with Gasteiger partial charge in [0.1, 0.15) is 0 Å². The van der Waals surface area contributed by atoms with E-state index in [4.69, 9.17) is 4.74 Å². The van der Waals surface area contributed by atoms with E-state index in [9.17, 15) is 0 Å². The Kier molecular flexibility index (Phi) is 9.20. The van der Waals surface area contributed by atoms with Gasteiger partial charge in [0.25, 0.3) is 0 Å². The summed E-state index contributed by atoms with van der Waals surface area (Å²) in [5.74, 6) is 12.8. The Morgan fingerprint density at radius 1 is 0.741 bits per heavy atom. The van der Waals surface area contributed by atoms with Gasteiger partial charge in [0.2, 0.25) is 0 Å². The van der Waals surface area contributed by atoms with Crippen LogP contribution in [0.25, 0.3) is 0 Å². The summed E-state index contributed by atoms with van der Waals surface area (Å²) >= 11 is 0. The van der Waals surface area contributed by atoms with Gasteiger partial charge in [-0.15, -0.1) is 17.8 Å². The molecule has 0 aromatic heterocycles. The number of rotatable bonds is 4. The van der Waals surface area contributed by atoms with E-state index < -0.39 is 0 Å². The van der Waals surface area contributed by atoms with Crippen LogP contribution in [0.3, 0.4) is 0 Å². The smallest absolute Gasteiger partial charge is 0.0357 e. The van der Waals surface area contributed by atoms with Crippen molar-refractivity contribution in [2.45, 2.75) is 96.0 Å². The van der Waals surface area contributed by atoms with Crippen LogP contribution in [0.5, 0.6) is 0 Å². The Morgan fingerprint density at radius 3 is 1.85 bits per heavy atom. The van der Waals surface area contributed by atoms with Crippen molar-refractivity contribution in [1.29, 1.82) is 0 Å². The fourth-order valence-corrected chi connectivity index (χ4v) is 5.94. The van der Waals surface area contributed by atoms with Gasteiger partial charge in [-0.25, -0.2) is 0 Å². The minimum absolute atomic E-state index is 0. The summed E-state index contributed by atoms with van der Waals surface area (Å²) in [6, 6.07) is 0. The summed E-state index contributed by atoms with van der Waals surface area (Å²) in [4.78, 5) is 0. The third kappa shape index (κ3) is 6.83. The van der Waals surface area contributed by atoms with Gasteiger partial charge in [-0.2, -0.15) is 6.42 Å². The topological polar surface area (TPSA) is 9.23 Å². The summed E-state index contributed by atoms with van der Waals surface area (Å²) in [5, 5.41) is 0. The molecule has 0 aromatic carbocycles. The van der Waals surface area contributed by atoms with Gasteiger partial charge in [-0.3, -0.25) is 0 Å². The molecule has 2 unspecified atom stereocenters. The zero-order chi connectivity index (χ0) is 17.8. The second-order valence-electron chi connectivity index (χ2n) is 9.87. The van der Waals surface area contributed by atoms with Crippen LogP contribution in [-0.4, -0.2) is 13.2 Å². The molecule has 4 saturated carbocycles. The van der Waals surface area contributed by atoms with Crippen molar-refractivity contribution in [3.63, 3.8) is 0 Å². The van der Waals surface area contributed by atoms with Crippen molar-refractivity contribution in [1.82, 2.24) is 0 Å². The Hall–Kier alpha value is 0.624. The van der Waals surface area contributed by atoms with E-state index in [-0.39, 0.29) is 32.7 Å². The number of methoxy groups -OCH3 is 1. The molecule has 2 atom stereocenters. The summed E-state index contributed by atoms with van der Waals surface area (Å²) in [6.07, 6.45) is 22.8. The van der Waals surface area contributed by atoms with Gasteiger partial charge in [0.15, 0.2) is 0 Å². The van der Waals surface area contributed by atoms with Gasteiger partial charge < -0.3 is 11.2 Å². The van der Waals surface area contributed by atoms with Gasteiger partial charge in [-0.05, 0) is 75.0 Å². The van der Waals surface area contributed by atoms with Crippen LogP contribution < -0.4 is 0 Å². The van der Waals surface area contributed by atoms with Crippen LogP contribution in [0.15, 0.2) is 0 Å². The van der Waals surface area contributed by atoms with Gasteiger partial charge >= 0.3 is 0 Å². The first kappa shape index (κ1) is 22.3. The largest absolute Gasteiger partial charge is 0.384 e. The maximum absolute atomic E-state index is 5.45. The van der Waals surface area contributed by atoms with Gasteiger partial charge in [0.05, 0.1) is 0 Å². The van der Waals surface area contributed by atoms with Crippen LogP contribution in [0, 0.1) is 53.8 Å². The quantitative estimate of drug-likeness (QED) is 0.359. The zero-order valence-electron chi connectivity index (χ0n) is 17.5. The normalized spacial score (nSPS) is 39.7. The maximum Gasteiger partial charge on any atom is 0.0357 e. The van der Waals surface area contributed by atoms with E-state index in [1.165, 1.54) is 64.2 Å². The minimum atomic E-state index is 0. The first-order valence-electron chi connectivity index (χ1n) is 11.7. The molecular weight excluding hydrogens is 405 g/mol. The molecule has 0 aliphatic heterocycles. The van der Waals surface area contributed by atoms with Crippen molar-refractivity contribution in [2.75, 3.05) is 7.11 Å². The average molecular weight is 444 g/mol. The Balaban J connectivity index is 0.00000210. The number of hydrogen-bond acceptors (Lipinski definition) is 1. The number of hydrogen-bond donors (Lipinski definition) is 0. The molecule has 4 aliphatic carbocycles. The maximum atomic E-state index is 5.45. The monoisotopic (exact) mass is 444 g/mol. The molecule has 27 heavy (non-hydrogen) atoms. The van der Waals surface area contributed by atoms with Crippen molar-refractivity contribution in [2.24, 2.45) is 35.5 Å². The SMILES string of the molecule is COC1C[CH-]C(C#CC2CCC(C3CCC(CC4CC4)CC3)CC2)CC1.[Y]. The van der Waals surface area contributed by atoms with E-state index >= 15 is 0 Å². The van der Waals surface area contributed by atoms with Crippen LogP contribution in [0.4, 0.5) is 0 Å². The predicted octanol–water partition coefficient (Wildman–Crippen LogP) is 6.42. The van der Waals surface area contributed by atoms with Crippen molar-refractivity contribution in [3.05, 3.63) is 6.42 Å². The molecule has 0 N–H and O–H groups in total. The first-order chi connectivity index (χ1) is 12.8. The molecular formula is C25H39OY-. The number of ether oxygens (including phenoxy) is 1. The molecule has 0 bridgehead atoms. The van der Waals surface area contributed by atoms with Crippen molar-refractivity contribution in [3.8, 4) is 11.8 Å². The molecule has 0 saturated heterocycles. The molecule has 1 radical (unpaired) electrons. The molecule has 0 heterocycles. The molecule has 2 heteroatoms. The zero-order valence-corrected chi connectivity index (χ0v) is 20.3. The summed E-state index contributed by atoms with van der Waals surface area (Å²) in [6.45, 7) is 0. The Labute approximate surface area is 193 Å². The van der Waals surface area contributed by atoms with Crippen LogP contribution in [-0.2, 0) is 37.4 Å². The van der Waals surface area contributed by atoms with E-state index in [1.807, 2.05) is 7.11 Å². The fraction of sp³-hybridized carbons (Fsp3) is 0.880. The fourth-order valence-electron chi connectivity index (χ4n) is 5.94. The third-order valence-electron chi connectivity index (χ3n) is 7.98. The second kappa shape index (κ2) is 11.1. The van der Waals surface area contributed by atoms with Gasteiger partial charge in [-0.1, -0.05) is 32.1 Å². The van der Waals surface area contributed by atoms with Crippen molar-refractivity contribution >= 4 is 0 Å².